The van der Waals surface area contributed by atoms with Crippen LogP contribution in [0.4, 0.5) is 20.2 Å². The third-order valence-corrected chi connectivity index (χ3v) is 3.66. The van der Waals surface area contributed by atoms with Gasteiger partial charge < -0.3 is 5.32 Å². The number of nitrogens with one attached hydrogen (secondary N) is 1. The standard InChI is InChI=1S/C16H12F2N2O3S/c17-16(18)24-14-7-2-1-6-13(14)19-15(21)9-8-11-4-3-5-12(10-11)20(22)23/h1-10,16H,(H,19,21)/b9-8+. The number of anilines is 1. The van der Waals surface area contributed by atoms with E-state index in [9.17, 15) is 23.7 Å². The van der Waals surface area contributed by atoms with Crippen molar-refractivity contribution in [2.45, 2.75) is 10.7 Å². The van der Waals surface area contributed by atoms with Crippen LogP contribution in [0.15, 0.2) is 59.5 Å². The van der Waals surface area contributed by atoms with Gasteiger partial charge in [0.05, 0.1) is 10.6 Å². The van der Waals surface area contributed by atoms with Crippen LogP contribution in [-0.2, 0) is 4.79 Å². The molecule has 24 heavy (non-hydrogen) atoms. The van der Waals surface area contributed by atoms with Crippen LogP contribution in [0.1, 0.15) is 5.56 Å². The van der Waals surface area contributed by atoms with Crippen molar-refractivity contribution < 1.29 is 18.5 Å². The van der Waals surface area contributed by atoms with Gasteiger partial charge in [0.15, 0.2) is 0 Å². The first-order valence-electron chi connectivity index (χ1n) is 6.73. The quantitative estimate of drug-likeness (QED) is 0.359. The number of carbonyl (C=O) groups is 1. The van der Waals surface area contributed by atoms with Crippen molar-refractivity contribution >= 4 is 35.1 Å². The molecule has 2 rings (SSSR count). The fraction of sp³-hybridized carbons (Fsp3) is 0.0625. The van der Waals surface area contributed by atoms with Gasteiger partial charge in [-0.25, -0.2) is 0 Å². The normalized spacial score (nSPS) is 11.0. The predicted molar refractivity (Wildman–Crippen MR) is 89.1 cm³/mol. The Kier molecular flexibility index (Phi) is 6.02. The summed E-state index contributed by atoms with van der Waals surface area (Å²) in [6.45, 7) is 0. The topological polar surface area (TPSA) is 72.2 Å². The molecule has 0 bridgehead atoms. The average Bonchev–Trinajstić information content (AvgIpc) is 2.54. The number of alkyl halides is 2. The van der Waals surface area contributed by atoms with Crippen LogP contribution >= 0.6 is 11.8 Å². The minimum atomic E-state index is -2.59. The Labute approximate surface area is 140 Å². The summed E-state index contributed by atoms with van der Waals surface area (Å²) in [5, 5.41) is 13.2. The summed E-state index contributed by atoms with van der Waals surface area (Å²) in [6, 6.07) is 12.0. The molecular formula is C16H12F2N2O3S. The van der Waals surface area contributed by atoms with Gasteiger partial charge >= 0.3 is 0 Å². The number of carbonyl (C=O) groups excluding carboxylic acids is 1. The largest absolute Gasteiger partial charge is 0.321 e. The first-order valence-corrected chi connectivity index (χ1v) is 7.61. The van der Waals surface area contributed by atoms with E-state index >= 15 is 0 Å². The molecule has 0 fully saturated rings. The van der Waals surface area contributed by atoms with Crippen LogP contribution in [0.2, 0.25) is 0 Å². The molecule has 0 aliphatic carbocycles. The minimum Gasteiger partial charge on any atom is -0.321 e. The van der Waals surface area contributed by atoms with Crippen LogP contribution in [0.3, 0.4) is 0 Å². The van der Waals surface area contributed by atoms with Crippen LogP contribution < -0.4 is 5.32 Å². The zero-order valence-electron chi connectivity index (χ0n) is 12.2. The lowest BCUT2D eigenvalue weighted by molar-refractivity contribution is -0.384. The third-order valence-electron chi connectivity index (χ3n) is 2.87. The number of thioether (sulfide) groups is 1. The highest BCUT2D eigenvalue weighted by Gasteiger charge is 2.10. The Morgan fingerprint density at radius 2 is 1.96 bits per heavy atom. The fourth-order valence-corrected chi connectivity index (χ4v) is 2.45. The van der Waals surface area contributed by atoms with Gasteiger partial charge in [0.25, 0.3) is 11.4 Å². The van der Waals surface area contributed by atoms with Crippen molar-refractivity contribution in [1.29, 1.82) is 0 Å². The first-order chi connectivity index (χ1) is 11.5. The number of benzene rings is 2. The van der Waals surface area contributed by atoms with E-state index < -0.39 is 16.6 Å². The summed E-state index contributed by atoms with van der Waals surface area (Å²) in [5.74, 6) is -3.12. The summed E-state index contributed by atoms with van der Waals surface area (Å²) >= 11 is 0.340. The van der Waals surface area contributed by atoms with Gasteiger partial charge in [0.1, 0.15) is 0 Å². The second-order valence-corrected chi connectivity index (χ2v) is 5.58. The van der Waals surface area contributed by atoms with Gasteiger partial charge in [0.2, 0.25) is 5.91 Å². The summed E-state index contributed by atoms with van der Waals surface area (Å²) in [4.78, 5) is 22.3. The number of hydrogen-bond donors (Lipinski definition) is 1. The predicted octanol–water partition coefficient (Wildman–Crippen LogP) is 4.56. The molecule has 0 saturated carbocycles. The van der Waals surface area contributed by atoms with E-state index in [1.807, 2.05) is 0 Å². The molecule has 0 saturated heterocycles. The minimum absolute atomic E-state index is 0.0868. The molecule has 8 heteroatoms. The molecule has 2 aromatic carbocycles. The highest BCUT2D eigenvalue weighted by atomic mass is 32.2. The van der Waals surface area contributed by atoms with Crippen molar-refractivity contribution in [2.24, 2.45) is 0 Å². The number of amides is 1. The van der Waals surface area contributed by atoms with E-state index in [-0.39, 0.29) is 16.3 Å². The van der Waals surface area contributed by atoms with Crippen LogP contribution in [0.25, 0.3) is 6.08 Å². The molecule has 1 N–H and O–H groups in total. The smallest absolute Gasteiger partial charge is 0.288 e. The van der Waals surface area contributed by atoms with Crippen molar-refractivity contribution in [3.05, 3.63) is 70.3 Å². The van der Waals surface area contributed by atoms with E-state index in [2.05, 4.69) is 5.32 Å². The number of non-ortho nitro benzene ring substituents is 1. The molecule has 0 atom stereocenters. The molecule has 0 spiro atoms. The molecule has 0 radical (unpaired) electrons. The molecular weight excluding hydrogens is 338 g/mol. The number of para-hydroxylation sites is 1. The number of rotatable bonds is 6. The SMILES string of the molecule is O=C(/C=C/c1cccc([N+](=O)[O-])c1)Nc1ccccc1SC(F)F. The van der Waals surface area contributed by atoms with Gasteiger partial charge in [-0.1, -0.05) is 36.0 Å². The lowest BCUT2D eigenvalue weighted by Gasteiger charge is -2.08. The zero-order chi connectivity index (χ0) is 17.5. The second kappa shape index (κ2) is 8.21. The summed E-state index contributed by atoms with van der Waals surface area (Å²) in [5.41, 5.74) is 0.669. The van der Waals surface area contributed by atoms with Crippen LogP contribution in [0.5, 0.6) is 0 Å². The molecule has 0 aliphatic rings. The van der Waals surface area contributed by atoms with Crippen LogP contribution in [-0.4, -0.2) is 16.6 Å². The van der Waals surface area contributed by atoms with E-state index in [1.165, 1.54) is 42.5 Å². The molecule has 5 nitrogen and oxygen atoms in total. The number of nitro benzene ring substituents is 1. The summed E-state index contributed by atoms with van der Waals surface area (Å²) < 4.78 is 25.0. The third kappa shape index (κ3) is 5.17. The van der Waals surface area contributed by atoms with Crippen molar-refractivity contribution in [2.75, 3.05) is 5.32 Å². The lowest BCUT2D eigenvalue weighted by atomic mass is 10.2. The molecule has 1 amide bonds. The highest BCUT2D eigenvalue weighted by molar-refractivity contribution is 7.99. The monoisotopic (exact) mass is 350 g/mol. The maximum atomic E-state index is 12.5. The van der Waals surface area contributed by atoms with E-state index in [0.717, 1.165) is 0 Å². The Balaban J connectivity index is 2.08. The van der Waals surface area contributed by atoms with Gasteiger partial charge in [-0.3, -0.25) is 14.9 Å². The van der Waals surface area contributed by atoms with E-state index in [1.54, 1.807) is 18.2 Å². The maximum Gasteiger partial charge on any atom is 0.288 e. The Hall–Kier alpha value is -2.74. The number of halogens is 2. The van der Waals surface area contributed by atoms with E-state index in [0.29, 0.717) is 17.3 Å². The Morgan fingerprint density at radius 1 is 1.21 bits per heavy atom. The summed E-state index contributed by atoms with van der Waals surface area (Å²) in [6.07, 6.45) is 2.59. The van der Waals surface area contributed by atoms with Crippen molar-refractivity contribution in [1.82, 2.24) is 0 Å². The molecule has 124 valence electrons. The lowest BCUT2D eigenvalue weighted by Crippen LogP contribution is -2.08. The Morgan fingerprint density at radius 3 is 2.67 bits per heavy atom. The summed E-state index contributed by atoms with van der Waals surface area (Å²) in [7, 11) is 0. The number of nitrogens with zero attached hydrogens (tertiary/aromatic N) is 1. The maximum absolute atomic E-state index is 12.5. The molecule has 0 aliphatic heterocycles. The highest BCUT2D eigenvalue weighted by Crippen LogP contribution is 2.31. The number of hydrogen-bond acceptors (Lipinski definition) is 4. The van der Waals surface area contributed by atoms with Gasteiger partial charge in [0, 0.05) is 23.1 Å². The van der Waals surface area contributed by atoms with Crippen molar-refractivity contribution in [3.63, 3.8) is 0 Å². The average molecular weight is 350 g/mol. The van der Waals surface area contributed by atoms with Gasteiger partial charge in [-0.2, -0.15) is 8.78 Å². The van der Waals surface area contributed by atoms with E-state index in [4.69, 9.17) is 0 Å². The first kappa shape index (κ1) is 17.6. The Bertz CT molecular complexity index is 781. The van der Waals surface area contributed by atoms with Crippen molar-refractivity contribution in [3.8, 4) is 0 Å². The van der Waals surface area contributed by atoms with Gasteiger partial charge in [-0.05, 0) is 23.8 Å². The molecule has 2 aromatic rings. The molecule has 0 unspecified atom stereocenters. The fourth-order valence-electron chi connectivity index (χ4n) is 1.86. The van der Waals surface area contributed by atoms with Crippen LogP contribution in [0, 0.1) is 10.1 Å². The molecule has 0 heterocycles. The van der Waals surface area contributed by atoms with Gasteiger partial charge in [-0.15, -0.1) is 0 Å². The second-order valence-electron chi connectivity index (χ2n) is 4.55. The molecule has 0 aromatic heterocycles. The number of nitro groups is 1. The zero-order valence-corrected chi connectivity index (χ0v) is 13.0.